The molecular weight excluding hydrogens is 260 g/mol. The van der Waals surface area contributed by atoms with E-state index in [1.54, 1.807) is 36.4 Å². The van der Waals surface area contributed by atoms with E-state index < -0.39 is 11.9 Å². The van der Waals surface area contributed by atoms with E-state index in [0.29, 0.717) is 5.75 Å². The second kappa shape index (κ2) is 6.38. The molecule has 0 aliphatic rings. The number of hydrogen-bond donors (Lipinski definition) is 1. The SMILES string of the molecule is O=C(O)c1ccccc1C(=O)OCOc1ccccc1. The van der Waals surface area contributed by atoms with Gasteiger partial charge < -0.3 is 14.6 Å². The number of hydrogen-bond acceptors (Lipinski definition) is 4. The summed E-state index contributed by atoms with van der Waals surface area (Å²) >= 11 is 0. The monoisotopic (exact) mass is 272 g/mol. The van der Waals surface area contributed by atoms with Crippen molar-refractivity contribution in [2.45, 2.75) is 0 Å². The van der Waals surface area contributed by atoms with Crippen LogP contribution in [0.3, 0.4) is 0 Å². The Bertz CT molecular complexity index is 607. The van der Waals surface area contributed by atoms with Gasteiger partial charge in [-0.05, 0) is 24.3 Å². The van der Waals surface area contributed by atoms with Crippen LogP contribution in [0.2, 0.25) is 0 Å². The van der Waals surface area contributed by atoms with Crippen LogP contribution in [0, 0.1) is 0 Å². The normalized spacial score (nSPS) is 9.80. The number of rotatable bonds is 5. The largest absolute Gasteiger partial charge is 0.478 e. The molecular formula is C15H12O5. The third-order valence-corrected chi connectivity index (χ3v) is 2.54. The van der Waals surface area contributed by atoms with Gasteiger partial charge in [0.25, 0.3) is 0 Å². The van der Waals surface area contributed by atoms with E-state index >= 15 is 0 Å². The second-order valence-corrected chi connectivity index (χ2v) is 3.86. The van der Waals surface area contributed by atoms with Gasteiger partial charge >= 0.3 is 11.9 Å². The maximum Gasteiger partial charge on any atom is 0.341 e. The van der Waals surface area contributed by atoms with E-state index in [0.717, 1.165) is 0 Å². The van der Waals surface area contributed by atoms with Crippen LogP contribution < -0.4 is 4.74 Å². The van der Waals surface area contributed by atoms with Crippen molar-refractivity contribution in [2.75, 3.05) is 6.79 Å². The molecule has 2 aromatic rings. The second-order valence-electron chi connectivity index (χ2n) is 3.86. The van der Waals surface area contributed by atoms with Gasteiger partial charge in [0.1, 0.15) is 5.75 Å². The van der Waals surface area contributed by atoms with E-state index in [9.17, 15) is 9.59 Å². The number of para-hydroxylation sites is 1. The quantitative estimate of drug-likeness (QED) is 0.669. The molecule has 0 unspecified atom stereocenters. The lowest BCUT2D eigenvalue weighted by Gasteiger charge is -2.08. The predicted molar refractivity (Wildman–Crippen MR) is 70.8 cm³/mol. The van der Waals surface area contributed by atoms with Gasteiger partial charge in [0.05, 0.1) is 11.1 Å². The molecule has 0 atom stereocenters. The van der Waals surface area contributed by atoms with Crippen molar-refractivity contribution in [1.82, 2.24) is 0 Å². The first kappa shape index (κ1) is 13.6. The molecule has 5 nitrogen and oxygen atoms in total. The van der Waals surface area contributed by atoms with Crippen molar-refractivity contribution >= 4 is 11.9 Å². The topological polar surface area (TPSA) is 72.8 Å². The Morgan fingerprint density at radius 2 is 1.50 bits per heavy atom. The fourth-order valence-electron chi connectivity index (χ4n) is 1.59. The molecule has 0 fully saturated rings. The Balaban J connectivity index is 1.97. The van der Waals surface area contributed by atoms with Crippen LogP contribution in [0.25, 0.3) is 0 Å². The number of carbonyl (C=O) groups excluding carboxylic acids is 1. The van der Waals surface area contributed by atoms with E-state index in [2.05, 4.69) is 0 Å². The van der Waals surface area contributed by atoms with Gasteiger partial charge in [-0.2, -0.15) is 0 Å². The highest BCUT2D eigenvalue weighted by molar-refractivity contribution is 6.02. The molecule has 0 heterocycles. The highest BCUT2D eigenvalue weighted by atomic mass is 16.7. The highest BCUT2D eigenvalue weighted by Crippen LogP contribution is 2.12. The van der Waals surface area contributed by atoms with Gasteiger partial charge in [-0.15, -0.1) is 0 Å². The van der Waals surface area contributed by atoms with Crippen molar-refractivity contribution in [3.8, 4) is 5.75 Å². The van der Waals surface area contributed by atoms with Crippen LogP contribution in [0.5, 0.6) is 5.75 Å². The lowest BCUT2D eigenvalue weighted by atomic mass is 10.1. The van der Waals surface area contributed by atoms with Gasteiger partial charge in [-0.25, -0.2) is 9.59 Å². The molecule has 5 heteroatoms. The minimum Gasteiger partial charge on any atom is -0.478 e. The first-order chi connectivity index (χ1) is 9.68. The first-order valence-corrected chi connectivity index (χ1v) is 5.86. The fraction of sp³-hybridized carbons (Fsp3) is 0.0667. The Hall–Kier alpha value is -2.82. The Labute approximate surface area is 115 Å². The van der Waals surface area contributed by atoms with E-state index in [-0.39, 0.29) is 17.9 Å². The first-order valence-electron chi connectivity index (χ1n) is 5.86. The zero-order valence-corrected chi connectivity index (χ0v) is 10.5. The number of carboxylic acids is 1. The Kier molecular flexibility index (Phi) is 4.34. The minimum atomic E-state index is -1.18. The summed E-state index contributed by atoms with van der Waals surface area (Å²) < 4.78 is 10.1. The zero-order chi connectivity index (χ0) is 14.4. The standard InChI is InChI=1S/C15H12O5/c16-14(17)12-8-4-5-9-13(12)15(18)20-10-19-11-6-2-1-3-7-11/h1-9H,10H2,(H,16,17). The average molecular weight is 272 g/mol. The van der Waals surface area contributed by atoms with E-state index in [1.807, 2.05) is 6.07 Å². The molecule has 0 radical (unpaired) electrons. The predicted octanol–water partition coefficient (Wildman–Crippen LogP) is 2.58. The summed E-state index contributed by atoms with van der Waals surface area (Å²) in [6.07, 6.45) is 0. The van der Waals surface area contributed by atoms with Crippen molar-refractivity contribution in [3.05, 3.63) is 65.7 Å². The van der Waals surface area contributed by atoms with Crippen LogP contribution in [0.15, 0.2) is 54.6 Å². The molecule has 0 aliphatic carbocycles. The Morgan fingerprint density at radius 1 is 0.900 bits per heavy atom. The summed E-state index contributed by atoms with van der Waals surface area (Å²) in [7, 11) is 0. The molecule has 1 N–H and O–H groups in total. The van der Waals surface area contributed by atoms with Gasteiger partial charge in [0.2, 0.25) is 6.79 Å². The summed E-state index contributed by atoms with van der Waals surface area (Å²) in [6, 6.07) is 14.7. The third kappa shape index (κ3) is 3.35. The molecule has 2 rings (SSSR count). The highest BCUT2D eigenvalue weighted by Gasteiger charge is 2.16. The maximum atomic E-state index is 11.8. The summed E-state index contributed by atoms with van der Waals surface area (Å²) in [5.41, 5.74) is -0.103. The summed E-state index contributed by atoms with van der Waals surface area (Å²) in [6.45, 7) is -0.281. The number of aromatic carboxylic acids is 1. The maximum absolute atomic E-state index is 11.8. The number of carboxylic acid groups (broad SMARTS) is 1. The van der Waals surface area contributed by atoms with Crippen molar-refractivity contribution in [2.24, 2.45) is 0 Å². The van der Waals surface area contributed by atoms with Gasteiger partial charge in [0, 0.05) is 0 Å². The number of carbonyl (C=O) groups is 2. The molecule has 0 amide bonds. The van der Waals surface area contributed by atoms with Gasteiger partial charge in [-0.3, -0.25) is 0 Å². The molecule has 102 valence electrons. The van der Waals surface area contributed by atoms with Crippen LogP contribution in [-0.4, -0.2) is 23.8 Å². The molecule has 0 saturated heterocycles. The lowest BCUT2D eigenvalue weighted by Crippen LogP contribution is -2.14. The summed E-state index contributed by atoms with van der Waals surface area (Å²) in [5.74, 6) is -1.35. The third-order valence-electron chi connectivity index (χ3n) is 2.54. The minimum absolute atomic E-state index is 0.00309. The Morgan fingerprint density at radius 3 is 2.15 bits per heavy atom. The smallest absolute Gasteiger partial charge is 0.341 e. The lowest BCUT2D eigenvalue weighted by molar-refractivity contribution is 0.0150. The number of ether oxygens (including phenoxy) is 2. The molecule has 0 bridgehead atoms. The van der Waals surface area contributed by atoms with Crippen molar-refractivity contribution in [1.29, 1.82) is 0 Å². The van der Waals surface area contributed by atoms with Gasteiger partial charge in [0.15, 0.2) is 0 Å². The van der Waals surface area contributed by atoms with E-state index in [1.165, 1.54) is 12.1 Å². The van der Waals surface area contributed by atoms with Crippen molar-refractivity contribution in [3.63, 3.8) is 0 Å². The fourth-order valence-corrected chi connectivity index (χ4v) is 1.59. The van der Waals surface area contributed by atoms with Crippen LogP contribution in [0.4, 0.5) is 0 Å². The summed E-state index contributed by atoms with van der Waals surface area (Å²) in [4.78, 5) is 22.8. The zero-order valence-electron chi connectivity index (χ0n) is 10.5. The van der Waals surface area contributed by atoms with Gasteiger partial charge in [-0.1, -0.05) is 30.3 Å². The molecule has 0 spiro atoms. The molecule has 2 aromatic carbocycles. The van der Waals surface area contributed by atoms with E-state index in [4.69, 9.17) is 14.6 Å². The molecule has 0 aromatic heterocycles. The molecule has 0 aliphatic heterocycles. The van der Waals surface area contributed by atoms with Crippen LogP contribution in [0.1, 0.15) is 20.7 Å². The van der Waals surface area contributed by atoms with Crippen molar-refractivity contribution < 1.29 is 24.2 Å². The number of benzene rings is 2. The number of esters is 1. The van der Waals surface area contributed by atoms with Crippen LogP contribution in [-0.2, 0) is 4.74 Å². The average Bonchev–Trinajstić information content (AvgIpc) is 2.48. The van der Waals surface area contributed by atoms with Crippen LogP contribution >= 0.6 is 0 Å². The molecule has 0 saturated carbocycles. The molecule has 20 heavy (non-hydrogen) atoms. The summed E-state index contributed by atoms with van der Waals surface area (Å²) in [5, 5.41) is 8.98.